The first kappa shape index (κ1) is 14.6. The summed E-state index contributed by atoms with van der Waals surface area (Å²) in [5.74, 6) is 0.532. The van der Waals surface area contributed by atoms with Gasteiger partial charge < -0.3 is 14.7 Å². The Morgan fingerprint density at radius 2 is 2.10 bits per heavy atom. The van der Waals surface area contributed by atoms with E-state index in [-0.39, 0.29) is 11.8 Å². The molecule has 20 heavy (non-hydrogen) atoms. The first-order valence-corrected chi connectivity index (χ1v) is 6.85. The summed E-state index contributed by atoms with van der Waals surface area (Å²) in [4.78, 5) is 22.3. The number of ether oxygens (including phenoxy) is 1. The van der Waals surface area contributed by atoms with Gasteiger partial charge in [-0.1, -0.05) is 0 Å². The molecule has 1 amide bonds. The highest BCUT2D eigenvalue weighted by molar-refractivity contribution is 9.10. The van der Waals surface area contributed by atoms with E-state index < -0.39 is 11.0 Å². The fourth-order valence-corrected chi connectivity index (χ4v) is 2.50. The number of hydrogen-bond acceptors (Lipinski definition) is 4. The predicted molar refractivity (Wildman–Crippen MR) is 74.0 cm³/mol. The number of rotatable bonds is 3. The summed E-state index contributed by atoms with van der Waals surface area (Å²) >= 11 is 3.24. The molecule has 1 aliphatic rings. The van der Waals surface area contributed by atoms with Crippen LogP contribution in [0.1, 0.15) is 12.8 Å². The molecule has 1 saturated heterocycles. The minimum Gasteiger partial charge on any atom is -0.489 e. The topological polar surface area (TPSA) is 92.9 Å². The smallest absolute Gasteiger partial charge is 0.407 e. The van der Waals surface area contributed by atoms with Gasteiger partial charge in [-0.15, -0.1) is 0 Å². The first-order valence-electron chi connectivity index (χ1n) is 6.06. The first-order chi connectivity index (χ1) is 9.47. The number of halogens is 1. The van der Waals surface area contributed by atoms with E-state index >= 15 is 0 Å². The Labute approximate surface area is 123 Å². The van der Waals surface area contributed by atoms with Crippen molar-refractivity contribution in [2.24, 2.45) is 0 Å². The number of piperidine rings is 1. The molecule has 7 nitrogen and oxygen atoms in total. The molecule has 0 aromatic heterocycles. The second kappa shape index (κ2) is 6.08. The van der Waals surface area contributed by atoms with Crippen LogP contribution in [-0.2, 0) is 0 Å². The number of carbonyl (C=O) groups is 1. The van der Waals surface area contributed by atoms with Crippen LogP contribution in [-0.4, -0.2) is 40.2 Å². The van der Waals surface area contributed by atoms with Crippen molar-refractivity contribution in [2.75, 3.05) is 13.1 Å². The number of nitrogens with zero attached hydrogens (tertiary/aromatic N) is 2. The molecule has 0 unspecified atom stereocenters. The molecule has 1 heterocycles. The molecule has 0 saturated carbocycles. The van der Waals surface area contributed by atoms with Crippen molar-refractivity contribution >= 4 is 27.7 Å². The number of carboxylic acid groups (broad SMARTS) is 1. The average Bonchev–Trinajstić information content (AvgIpc) is 2.41. The average molecular weight is 345 g/mol. The summed E-state index contributed by atoms with van der Waals surface area (Å²) in [5.41, 5.74) is -0.00933. The van der Waals surface area contributed by atoms with E-state index in [1.54, 1.807) is 6.07 Å². The minimum absolute atomic E-state index is 0.00933. The molecule has 0 aliphatic carbocycles. The summed E-state index contributed by atoms with van der Waals surface area (Å²) in [5, 5.41) is 19.5. The van der Waals surface area contributed by atoms with Crippen molar-refractivity contribution in [1.82, 2.24) is 4.90 Å². The highest BCUT2D eigenvalue weighted by atomic mass is 79.9. The van der Waals surface area contributed by atoms with Crippen molar-refractivity contribution < 1.29 is 19.6 Å². The van der Waals surface area contributed by atoms with Crippen molar-refractivity contribution in [3.8, 4) is 5.75 Å². The normalized spacial score (nSPS) is 15.9. The highest BCUT2D eigenvalue weighted by Gasteiger charge is 2.24. The molecule has 2 rings (SSSR count). The molecule has 0 radical (unpaired) electrons. The van der Waals surface area contributed by atoms with Gasteiger partial charge in [0.25, 0.3) is 5.69 Å². The SMILES string of the molecule is O=C(O)N1CCC(Oc2ccc([N+](=O)[O-])cc2Br)CC1. The Morgan fingerprint density at radius 1 is 1.45 bits per heavy atom. The number of amides is 1. The molecule has 8 heteroatoms. The monoisotopic (exact) mass is 344 g/mol. The molecule has 0 atom stereocenters. The molecule has 1 N–H and O–H groups in total. The summed E-state index contributed by atoms with van der Waals surface area (Å²) in [6.45, 7) is 0.870. The largest absolute Gasteiger partial charge is 0.489 e. The van der Waals surface area contributed by atoms with Crippen molar-refractivity contribution in [3.63, 3.8) is 0 Å². The molecule has 1 aromatic carbocycles. The van der Waals surface area contributed by atoms with Crippen LogP contribution >= 0.6 is 15.9 Å². The molecule has 0 bridgehead atoms. The number of hydrogen-bond donors (Lipinski definition) is 1. The quantitative estimate of drug-likeness (QED) is 0.672. The third kappa shape index (κ3) is 3.38. The number of nitro benzene ring substituents is 1. The van der Waals surface area contributed by atoms with Crippen LogP contribution in [0.25, 0.3) is 0 Å². The van der Waals surface area contributed by atoms with Gasteiger partial charge in [0.15, 0.2) is 0 Å². The maximum Gasteiger partial charge on any atom is 0.407 e. The Hall–Kier alpha value is -1.83. The summed E-state index contributed by atoms with van der Waals surface area (Å²) in [6.07, 6.45) is 0.217. The second-order valence-electron chi connectivity index (χ2n) is 4.46. The lowest BCUT2D eigenvalue weighted by Crippen LogP contribution is -2.41. The number of likely N-dealkylation sites (tertiary alicyclic amines) is 1. The van der Waals surface area contributed by atoms with Gasteiger partial charge in [-0.05, 0) is 22.0 Å². The zero-order chi connectivity index (χ0) is 14.7. The van der Waals surface area contributed by atoms with Crippen LogP contribution in [0, 0.1) is 10.1 Å². The van der Waals surface area contributed by atoms with Gasteiger partial charge >= 0.3 is 6.09 Å². The van der Waals surface area contributed by atoms with Gasteiger partial charge in [-0.2, -0.15) is 0 Å². The highest BCUT2D eigenvalue weighted by Crippen LogP contribution is 2.31. The minimum atomic E-state index is -0.917. The molecule has 1 fully saturated rings. The molecule has 0 spiro atoms. The van der Waals surface area contributed by atoms with Crippen molar-refractivity contribution in [1.29, 1.82) is 0 Å². The van der Waals surface area contributed by atoms with Crippen LogP contribution in [0.5, 0.6) is 5.75 Å². The number of nitro groups is 1. The predicted octanol–water partition coefficient (Wildman–Crippen LogP) is 2.88. The van der Waals surface area contributed by atoms with E-state index in [0.29, 0.717) is 36.2 Å². The van der Waals surface area contributed by atoms with Crippen LogP contribution in [0.2, 0.25) is 0 Å². The van der Waals surface area contributed by atoms with E-state index in [2.05, 4.69) is 15.9 Å². The lowest BCUT2D eigenvalue weighted by atomic mass is 10.1. The summed E-state index contributed by atoms with van der Waals surface area (Å²) in [6, 6.07) is 4.32. The lowest BCUT2D eigenvalue weighted by molar-refractivity contribution is -0.385. The van der Waals surface area contributed by atoms with Gasteiger partial charge in [0.05, 0.1) is 9.40 Å². The van der Waals surface area contributed by atoms with Crippen LogP contribution in [0.3, 0.4) is 0 Å². The van der Waals surface area contributed by atoms with Gasteiger partial charge in [0, 0.05) is 38.1 Å². The Bertz CT molecular complexity index is 529. The maximum atomic E-state index is 10.8. The van der Waals surface area contributed by atoms with Crippen molar-refractivity contribution in [2.45, 2.75) is 18.9 Å². The molecular weight excluding hydrogens is 332 g/mol. The van der Waals surface area contributed by atoms with E-state index in [1.807, 2.05) is 0 Å². The molecule has 1 aromatic rings. The van der Waals surface area contributed by atoms with E-state index in [1.165, 1.54) is 17.0 Å². The molecule has 108 valence electrons. The van der Waals surface area contributed by atoms with Gasteiger partial charge in [-0.3, -0.25) is 10.1 Å². The van der Waals surface area contributed by atoms with E-state index in [9.17, 15) is 14.9 Å². The number of benzene rings is 1. The Morgan fingerprint density at radius 3 is 2.60 bits per heavy atom. The van der Waals surface area contributed by atoms with Crippen LogP contribution in [0.15, 0.2) is 22.7 Å². The van der Waals surface area contributed by atoms with Crippen LogP contribution in [0.4, 0.5) is 10.5 Å². The fraction of sp³-hybridized carbons (Fsp3) is 0.417. The lowest BCUT2D eigenvalue weighted by Gasteiger charge is -2.30. The molecular formula is C12H13BrN2O5. The summed E-state index contributed by atoms with van der Waals surface area (Å²) < 4.78 is 6.28. The van der Waals surface area contributed by atoms with Gasteiger partial charge in [-0.25, -0.2) is 4.79 Å². The standard InChI is InChI=1S/C12H13BrN2O5/c13-10-7-8(15(18)19)1-2-11(10)20-9-3-5-14(6-4-9)12(16)17/h1-2,7,9H,3-6H2,(H,16,17). The third-order valence-corrected chi connectivity index (χ3v) is 3.75. The summed E-state index contributed by atoms with van der Waals surface area (Å²) in [7, 11) is 0. The van der Waals surface area contributed by atoms with Gasteiger partial charge in [0.1, 0.15) is 11.9 Å². The zero-order valence-corrected chi connectivity index (χ0v) is 12.1. The maximum absolute atomic E-state index is 10.8. The number of non-ortho nitro benzene ring substituents is 1. The molecule has 1 aliphatic heterocycles. The third-order valence-electron chi connectivity index (χ3n) is 3.13. The Kier molecular flexibility index (Phi) is 4.43. The fourth-order valence-electron chi connectivity index (χ4n) is 2.04. The van der Waals surface area contributed by atoms with Crippen molar-refractivity contribution in [3.05, 3.63) is 32.8 Å². The Balaban J connectivity index is 1.98. The second-order valence-corrected chi connectivity index (χ2v) is 5.31. The van der Waals surface area contributed by atoms with Gasteiger partial charge in [0.2, 0.25) is 0 Å². The van der Waals surface area contributed by atoms with Crippen LogP contribution < -0.4 is 4.74 Å². The zero-order valence-electron chi connectivity index (χ0n) is 10.5. The van der Waals surface area contributed by atoms with E-state index in [4.69, 9.17) is 9.84 Å². The van der Waals surface area contributed by atoms with E-state index in [0.717, 1.165) is 0 Å².